The van der Waals surface area contributed by atoms with Crippen LogP contribution in [-0.2, 0) is 13.4 Å². The number of carbonyl (C=O) groups excluding carboxylic acids is 1. The van der Waals surface area contributed by atoms with Crippen LogP contribution >= 0.6 is 0 Å². The van der Waals surface area contributed by atoms with Crippen molar-refractivity contribution in [1.82, 2.24) is 34.4 Å². The maximum atomic E-state index is 12.9. The van der Waals surface area contributed by atoms with Gasteiger partial charge in [-0.15, -0.1) is 0 Å². The van der Waals surface area contributed by atoms with Crippen molar-refractivity contribution >= 4 is 16.7 Å². The van der Waals surface area contributed by atoms with Crippen LogP contribution in [-0.4, -0.2) is 60.3 Å². The van der Waals surface area contributed by atoms with Crippen molar-refractivity contribution in [3.8, 4) is 11.3 Å². The van der Waals surface area contributed by atoms with E-state index in [1.54, 1.807) is 24.5 Å². The second-order valence-corrected chi connectivity index (χ2v) is 8.08. The number of aromatic nitrogens is 6. The van der Waals surface area contributed by atoms with E-state index >= 15 is 0 Å². The standard InChI is InChI=1S/C23H25N7O/c1-28-7-5-20(6-8-28)30-15-18(13-26-30)23(31)10-19-9-22-16(11-24-19)3-4-21(27-22)17-12-25-29(2)14-17/h3-4,9,11-15,20H,5-8,10H2,1-2H3/i2D3. The molecule has 0 atom stereocenters. The van der Waals surface area contributed by atoms with Gasteiger partial charge in [0, 0.05) is 40.6 Å². The fourth-order valence-electron chi connectivity index (χ4n) is 3.98. The molecule has 8 heteroatoms. The summed E-state index contributed by atoms with van der Waals surface area (Å²) in [5.74, 6) is -0.0406. The molecule has 1 saturated heterocycles. The molecule has 1 aliphatic heterocycles. The second-order valence-electron chi connectivity index (χ2n) is 8.08. The average Bonchev–Trinajstić information content (AvgIpc) is 3.49. The molecule has 0 spiro atoms. The number of fused-ring (bicyclic) bond motifs is 1. The lowest BCUT2D eigenvalue weighted by Gasteiger charge is -2.28. The minimum atomic E-state index is -2.34. The second kappa shape index (κ2) is 8.03. The van der Waals surface area contributed by atoms with Gasteiger partial charge >= 0.3 is 0 Å². The lowest BCUT2D eigenvalue weighted by Crippen LogP contribution is -2.31. The van der Waals surface area contributed by atoms with E-state index < -0.39 is 6.98 Å². The predicted octanol–water partition coefficient (Wildman–Crippen LogP) is 2.92. The van der Waals surface area contributed by atoms with E-state index in [1.165, 1.54) is 12.4 Å². The van der Waals surface area contributed by atoms with Gasteiger partial charge in [0.15, 0.2) is 5.78 Å². The Labute approximate surface area is 184 Å². The number of carbonyl (C=O) groups is 1. The van der Waals surface area contributed by atoms with Gasteiger partial charge in [0.2, 0.25) is 0 Å². The van der Waals surface area contributed by atoms with E-state index in [0.29, 0.717) is 34.1 Å². The van der Waals surface area contributed by atoms with E-state index in [-0.39, 0.29) is 12.2 Å². The van der Waals surface area contributed by atoms with Gasteiger partial charge in [-0.25, -0.2) is 4.98 Å². The number of aryl methyl sites for hydroxylation is 1. The van der Waals surface area contributed by atoms with Crippen LogP contribution in [0.5, 0.6) is 0 Å². The molecule has 5 heterocycles. The first-order chi connectivity index (χ1) is 16.3. The molecule has 0 saturated carbocycles. The topological polar surface area (TPSA) is 81.7 Å². The van der Waals surface area contributed by atoms with Crippen molar-refractivity contribution in [2.45, 2.75) is 25.3 Å². The Balaban J connectivity index is 1.33. The number of rotatable bonds is 5. The smallest absolute Gasteiger partial charge is 0.171 e. The summed E-state index contributed by atoms with van der Waals surface area (Å²) in [6, 6.07) is 5.79. The van der Waals surface area contributed by atoms with Crippen molar-refractivity contribution in [1.29, 1.82) is 0 Å². The molecule has 31 heavy (non-hydrogen) atoms. The lowest BCUT2D eigenvalue weighted by molar-refractivity contribution is 0.0991. The van der Waals surface area contributed by atoms with E-state index in [2.05, 4.69) is 32.1 Å². The number of hydrogen-bond donors (Lipinski definition) is 0. The minimum Gasteiger partial charge on any atom is -0.306 e. The van der Waals surface area contributed by atoms with Crippen molar-refractivity contribution < 1.29 is 8.91 Å². The van der Waals surface area contributed by atoms with Crippen molar-refractivity contribution in [3.05, 3.63) is 60.4 Å². The van der Waals surface area contributed by atoms with Gasteiger partial charge < -0.3 is 4.90 Å². The largest absolute Gasteiger partial charge is 0.306 e. The first kappa shape index (κ1) is 16.3. The molecule has 0 aromatic carbocycles. The number of ketones is 1. The van der Waals surface area contributed by atoms with E-state index in [0.717, 1.165) is 36.0 Å². The van der Waals surface area contributed by atoms with Gasteiger partial charge in [0.1, 0.15) is 0 Å². The molecular weight excluding hydrogens is 390 g/mol. The Morgan fingerprint density at radius 2 is 2.03 bits per heavy atom. The summed E-state index contributed by atoms with van der Waals surface area (Å²) in [4.78, 5) is 24.3. The normalized spacial score (nSPS) is 17.4. The third-order valence-corrected chi connectivity index (χ3v) is 5.84. The number of hydrogen-bond acceptors (Lipinski definition) is 6. The first-order valence-corrected chi connectivity index (χ1v) is 10.3. The van der Waals surface area contributed by atoms with Gasteiger partial charge in [-0.3, -0.25) is 19.1 Å². The highest BCUT2D eigenvalue weighted by Crippen LogP contribution is 2.23. The van der Waals surface area contributed by atoms with Gasteiger partial charge in [-0.1, -0.05) is 0 Å². The van der Waals surface area contributed by atoms with Crippen LogP contribution in [0, 0.1) is 0 Å². The van der Waals surface area contributed by atoms with Crippen LogP contribution in [0.1, 0.15) is 39.0 Å². The molecule has 0 unspecified atom stereocenters. The molecule has 1 fully saturated rings. The van der Waals surface area contributed by atoms with E-state index in [1.807, 2.05) is 16.9 Å². The van der Waals surface area contributed by atoms with Gasteiger partial charge in [-0.2, -0.15) is 10.2 Å². The Morgan fingerprint density at radius 1 is 1.16 bits per heavy atom. The molecular formula is C23H25N7O. The van der Waals surface area contributed by atoms with Crippen LogP contribution in [0.3, 0.4) is 0 Å². The summed E-state index contributed by atoms with van der Waals surface area (Å²) >= 11 is 0. The zero-order valence-corrected chi connectivity index (χ0v) is 17.3. The van der Waals surface area contributed by atoms with Crippen LogP contribution in [0.25, 0.3) is 22.2 Å². The quantitative estimate of drug-likeness (QED) is 0.464. The van der Waals surface area contributed by atoms with Crippen molar-refractivity contribution in [2.75, 3.05) is 20.1 Å². The molecule has 0 bridgehead atoms. The predicted molar refractivity (Wildman–Crippen MR) is 118 cm³/mol. The number of Topliss-reactive ketones (excluding diaryl/α,β-unsaturated/α-hetero) is 1. The van der Waals surface area contributed by atoms with Crippen LogP contribution in [0.15, 0.2) is 49.2 Å². The Morgan fingerprint density at radius 3 is 2.84 bits per heavy atom. The summed E-state index contributed by atoms with van der Waals surface area (Å²) in [5.41, 5.74) is 3.09. The molecule has 158 valence electrons. The average molecular weight is 419 g/mol. The minimum absolute atomic E-state index is 0.0406. The van der Waals surface area contributed by atoms with Crippen LogP contribution in [0.2, 0.25) is 0 Å². The third-order valence-electron chi connectivity index (χ3n) is 5.84. The summed E-state index contributed by atoms with van der Waals surface area (Å²) < 4.78 is 25.3. The summed E-state index contributed by atoms with van der Waals surface area (Å²) in [5, 5.41) is 9.19. The highest BCUT2D eigenvalue weighted by atomic mass is 16.1. The van der Waals surface area contributed by atoms with Crippen LogP contribution < -0.4 is 0 Å². The maximum Gasteiger partial charge on any atom is 0.171 e. The SMILES string of the molecule is [2H]C([2H])([2H])n1cc(-c2ccc3cnc(CC(=O)c4cnn(C5CCN(C)CC5)c4)cc3n2)cn1. The van der Waals surface area contributed by atoms with Crippen molar-refractivity contribution in [2.24, 2.45) is 6.98 Å². The summed E-state index contributed by atoms with van der Waals surface area (Å²) in [6.45, 7) is -0.282. The van der Waals surface area contributed by atoms with Crippen LogP contribution in [0.4, 0.5) is 0 Å². The Kier molecular flexibility index (Phi) is 4.23. The molecule has 4 aromatic heterocycles. The monoisotopic (exact) mass is 418 g/mol. The molecule has 1 aliphatic rings. The summed E-state index contributed by atoms with van der Waals surface area (Å²) in [6.07, 6.45) is 10.3. The van der Waals surface area contributed by atoms with E-state index in [4.69, 9.17) is 4.11 Å². The number of pyridine rings is 2. The van der Waals surface area contributed by atoms with Gasteiger partial charge in [0.25, 0.3) is 0 Å². The number of piperidine rings is 1. The first-order valence-electron chi connectivity index (χ1n) is 11.8. The highest BCUT2D eigenvalue weighted by Gasteiger charge is 2.20. The molecule has 0 amide bonds. The fourth-order valence-corrected chi connectivity index (χ4v) is 3.98. The van der Waals surface area contributed by atoms with E-state index in [9.17, 15) is 4.79 Å². The van der Waals surface area contributed by atoms with Gasteiger partial charge in [-0.05, 0) is 51.2 Å². The number of likely N-dealkylation sites (tertiary alicyclic amines) is 1. The third kappa shape index (κ3) is 4.11. The lowest BCUT2D eigenvalue weighted by atomic mass is 10.1. The molecule has 4 aromatic rings. The Bertz CT molecular complexity index is 1340. The fraction of sp³-hybridized carbons (Fsp3) is 0.348. The zero-order chi connectivity index (χ0) is 23.9. The van der Waals surface area contributed by atoms with Gasteiger partial charge in [0.05, 0.1) is 47.3 Å². The summed E-state index contributed by atoms with van der Waals surface area (Å²) in [7, 11) is 2.12. The molecule has 0 N–H and O–H groups in total. The molecule has 0 aliphatic carbocycles. The molecule has 5 rings (SSSR count). The highest BCUT2D eigenvalue weighted by molar-refractivity contribution is 5.97. The van der Waals surface area contributed by atoms with Crippen molar-refractivity contribution in [3.63, 3.8) is 0 Å². The molecule has 8 nitrogen and oxygen atoms in total. The molecule has 0 radical (unpaired) electrons. The zero-order valence-electron chi connectivity index (χ0n) is 20.3. The Hall–Kier alpha value is -3.39. The number of nitrogens with zero attached hydrogens (tertiary/aromatic N) is 7. The maximum absolute atomic E-state index is 12.9.